The Kier molecular flexibility index (Phi) is 47.3. The number of hydrogen-bond donors (Lipinski definition) is 3. The largest absolute Gasteiger partial charge is 0.472 e. The number of allylic oxidation sites excluding steroid dienone is 4. The van der Waals surface area contributed by atoms with Crippen molar-refractivity contribution in [2.24, 2.45) is 0 Å². The molecule has 0 aliphatic rings. The van der Waals surface area contributed by atoms with Crippen molar-refractivity contribution >= 4 is 13.7 Å². The Morgan fingerprint density at radius 2 is 0.877 bits per heavy atom. The lowest BCUT2D eigenvalue weighted by Gasteiger charge is -2.26. The average molecular weight is 940 g/mol. The summed E-state index contributed by atoms with van der Waals surface area (Å²) in [5, 5.41) is 14.1. The molecular formula is C56H112N2O6P+. The van der Waals surface area contributed by atoms with Crippen molar-refractivity contribution in [3.05, 3.63) is 24.3 Å². The van der Waals surface area contributed by atoms with Gasteiger partial charge in [0.1, 0.15) is 13.2 Å². The lowest BCUT2D eigenvalue weighted by atomic mass is 10.0. The van der Waals surface area contributed by atoms with Crippen LogP contribution in [0.25, 0.3) is 0 Å². The summed E-state index contributed by atoms with van der Waals surface area (Å²) in [6.45, 7) is 4.91. The van der Waals surface area contributed by atoms with Gasteiger partial charge < -0.3 is 19.8 Å². The molecule has 0 saturated carbocycles. The molecule has 3 N–H and O–H groups in total. The third-order valence-corrected chi connectivity index (χ3v) is 13.9. The van der Waals surface area contributed by atoms with E-state index in [-0.39, 0.29) is 19.1 Å². The molecule has 0 spiro atoms. The zero-order valence-electron chi connectivity index (χ0n) is 44.0. The van der Waals surface area contributed by atoms with Crippen LogP contribution in [0.2, 0.25) is 0 Å². The number of quaternary nitrogens is 1. The van der Waals surface area contributed by atoms with Gasteiger partial charge in [-0.2, -0.15) is 0 Å². The summed E-state index contributed by atoms with van der Waals surface area (Å²) in [7, 11) is 1.63. The summed E-state index contributed by atoms with van der Waals surface area (Å²) in [6, 6.07) is -0.759. The van der Waals surface area contributed by atoms with E-state index in [0.29, 0.717) is 23.9 Å². The van der Waals surface area contributed by atoms with Crippen molar-refractivity contribution < 1.29 is 32.9 Å². The monoisotopic (exact) mass is 940 g/mol. The third-order valence-electron chi connectivity index (χ3n) is 13.0. The summed E-state index contributed by atoms with van der Waals surface area (Å²) in [6.07, 6.45) is 59.4. The number of carbonyl (C=O) groups is 1. The molecule has 0 fully saturated rings. The molecule has 0 bridgehead atoms. The molecule has 0 aromatic heterocycles. The Labute approximate surface area is 404 Å². The van der Waals surface area contributed by atoms with Crippen molar-refractivity contribution in [2.45, 2.75) is 289 Å². The van der Waals surface area contributed by atoms with Gasteiger partial charge in [-0.3, -0.25) is 13.8 Å². The molecule has 0 radical (unpaired) electrons. The number of rotatable bonds is 52. The standard InChI is InChI=1S/C56H111N2O6P/c1-6-8-10-12-14-16-18-20-22-24-26-27-28-29-30-31-32-34-36-38-40-42-44-46-48-50-56(60)57-54(53-64-65(61,62)63-52-51-58(3,4)5)55(59)49-47-45-43-41-39-37-35-33-25-23-21-19-17-15-13-11-9-7-2/h18,20,24,26,54-55,59H,6-17,19,21-23,25,27-53H2,1-5H3,(H-,57,60,61,62)/p+1/b20-18-,26-24-. The number of phosphoric acid groups is 1. The lowest BCUT2D eigenvalue weighted by molar-refractivity contribution is -0.870. The van der Waals surface area contributed by atoms with E-state index in [4.69, 9.17) is 9.05 Å². The first kappa shape index (κ1) is 64.0. The second-order valence-corrected chi connectivity index (χ2v) is 22.1. The maximum absolute atomic E-state index is 13.0. The zero-order valence-corrected chi connectivity index (χ0v) is 44.9. The van der Waals surface area contributed by atoms with Crippen LogP contribution in [0.15, 0.2) is 24.3 Å². The first-order valence-electron chi connectivity index (χ1n) is 28.2. The predicted octanol–water partition coefficient (Wildman–Crippen LogP) is 16.8. The van der Waals surface area contributed by atoms with E-state index in [1.807, 2.05) is 21.1 Å². The molecule has 0 aliphatic heterocycles. The van der Waals surface area contributed by atoms with E-state index < -0.39 is 20.0 Å². The lowest BCUT2D eigenvalue weighted by Crippen LogP contribution is -2.46. The number of hydrogen-bond acceptors (Lipinski definition) is 5. The molecule has 3 atom stereocenters. The van der Waals surface area contributed by atoms with Gasteiger partial charge in [-0.15, -0.1) is 0 Å². The van der Waals surface area contributed by atoms with Gasteiger partial charge in [0.05, 0.1) is 39.9 Å². The van der Waals surface area contributed by atoms with Crippen LogP contribution in [0.5, 0.6) is 0 Å². The number of aliphatic hydroxyl groups is 1. The minimum absolute atomic E-state index is 0.0761. The number of nitrogens with one attached hydrogen (secondary N) is 1. The number of nitrogens with zero attached hydrogens (tertiary/aromatic N) is 1. The van der Waals surface area contributed by atoms with Crippen LogP contribution in [0.1, 0.15) is 277 Å². The topological polar surface area (TPSA) is 105 Å². The molecule has 386 valence electrons. The normalized spacial score (nSPS) is 14.1. The fourth-order valence-electron chi connectivity index (χ4n) is 8.49. The van der Waals surface area contributed by atoms with Gasteiger partial charge in [0.15, 0.2) is 0 Å². The molecule has 3 unspecified atom stereocenters. The van der Waals surface area contributed by atoms with Crippen LogP contribution in [0, 0.1) is 0 Å². The Balaban J connectivity index is 4.16. The highest BCUT2D eigenvalue weighted by Crippen LogP contribution is 2.43. The van der Waals surface area contributed by atoms with Crippen LogP contribution in [0.4, 0.5) is 0 Å². The zero-order chi connectivity index (χ0) is 47.8. The summed E-state index contributed by atoms with van der Waals surface area (Å²) in [5.41, 5.74) is 0. The van der Waals surface area contributed by atoms with Crippen LogP contribution >= 0.6 is 7.82 Å². The molecule has 65 heavy (non-hydrogen) atoms. The molecule has 0 aromatic rings. The van der Waals surface area contributed by atoms with Crippen molar-refractivity contribution in [3.8, 4) is 0 Å². The van der Waals surface area contributed by atoms with Crippen LogP contribution in [-0.4, -0.2) is 73.4 Å². The summed E-state index contributed by atoms with van der Waals surface area (Å²) in [4.78, 5) is 23.3. The first-order chi connectivity index (χ1) is 31.5. The molecule has 0 aliphatic carbocycles. The third kappa shape index (κ3) is 50.7. The van der Waals surface area contributed by atoms with Crippen molar-refractivity contribution in [1.29, 1.82) is 0 Å². The quantitative estimate of drug-likeness (QED) is 0.0243. The molecule has 1 amide bonds. The number of phosphoric ester groups is 1. The van der Waals surface area contributed by atoms with E-state index in [2.05, 4.69) is 43.5 Å². The minimum atomic E-state index is -4.32. The number of unbranched alkanes of at least 4 members (excludes halogenated alkanes) is 35. The molecule has 0 aromatic carbocycles. The van der Waals surface area contributed by atoms with Gasteiger partial charge >= 0.3 is 7.82 Å². The first-order valence-corrected chi connectivity index (χ1v) is 29.7. The Morgan fingerprint density at radius 1 is 0.523 bits per heavy atom. The van der Waals surface area contributed by atoms with Gasteiger partial charge in [0, 0.05) is 6.42 Å². The van der Waals surface area contributed by atoms with Gasteiger partial charge in [0.25, 0.3) is 0 Å². The van der Waals surface area contributed by atoms with Gasteiger partial charge in [-0.1, -0.05) is 250 Å². The highest BCUT2D eigenvalue weighted by Gasteiger charge is 2.28. The number of carbonyl (C=O) groups excluding carboxylic acids is 1. The molecule has 9 heteroatoms. The van der Waals surface area contributed by atoms with E-state index in [9.17, 15) is 19.4 Å². The second-order valence-electron chi connectivity index (χ2n) is 20.7. The fraction of sp³-hybridized carbons (Fsp3) is 0.911. The highest BCUT2D eigenvalue weighted by molar-refractivity contribution is 7.47. The molecule has 0 rings (SSSR count). The van der Waals surface area contributed by atoms with Crippen LogP contribution in [-0.2, 0) is 18.4 Å². The predicted molar refractivity (Wildman–Crippen MR) is 281 cm³/mol. The van der Waals surface area contributed by atoms with Gasteiger partial charge in [-0.05, 0) is 44.9 Å². The highest BCUT2D eigenvalue weighted by atomic mass is 31.2. The number of likely N-dealkylation sites (N-methyl/N-ethyl adjacent to an activating group) is 1. The van der Waals surface area contributed by atoms with Crippen LogP contribution < -0.4 is 5.32 Å². The van der Waals surface area contributed by atoms with E-state index in [1.54, 1.807) is 0 Å². The molecule has 8 nitrogen and oxygen atoms in total. The van der Waals surface area contributed by atoms with Crippen molar-refractivity contribution in [1.82, 2.24) is 5.32 Å². The van der Waals surface area contributed by atoms with Crippen molar-refractivity contribution in [3.63, 3.8) is 0 Å². The van der Waals surface area contributed by atoms with Crippen molar-refractivity contribution in [2.75, 3.05) is 40.9 Å². The summed E-state index contributed by atoms with van der Waals surface area (Å²) < 4.78 is 23.8. The minimum Gasteiger partial charge on any atom is -0.391 e. The van der Waals surface area contributed by atoms with E-state index in [0.717, 1.165) is 44.9 Å². The number of aliphatic hydroxyl groups excluding tert-OH is 1. The maximum atomic E-state index is 13.0. The fourth-order valence-corrected chi connectivity index (χ4v) is 9.23. The maximum Gasteiger partial charge on any atom is 0.472 e. The Hall–Kier alpha value is -1.02. The van der Waals surface area contributed by atoms with E-state index >= 15 is 0 Å². The van der Waals surface area contributed by atoms with E-state index in [1.165, 1.54) is 205 Å². The Morgan fingerprint density at radius 3 is 1.26 bits per heavy atom. The summed E-state index contributed by atoms with van der Waals surface area (Å²) in [5.74, 6) is -0.142. The molecule has 0 saturated heterocycles. The Bertz CT molecular complexity index is 1110. The second kappa shape index (κ2) is 48.0. The average Bonchev–Trinajstić information content (AvgIpc) is 3.26. The smallest absolute Gasteiger partial charge is 0.391 e. The van der Waals surface area contributed by atoms with Crippen LogP contribution in [0.3, 0.4) is 0 Å². The van der Waals surface area contributed by atoms with Gasteiger partial charge in [-0.25, -0.2) is 4.57 Å². The molecular weight excluding hydrogens is 828 g/mol. The SMILES string of the molecule is CCCCCCC/C=C\C/C=C\CCCCCCCCCCCCCCCC(=O)NC(COP(=O)(O)OCC[N+](C)(C)C)C(O)CCCCCCCCCCCCCCCCCCCC. The number of amides is 1. The van der Waals surface area contributed by atoms with Gasteiger partial charge in [0.2, 0.25) is 5.91 Å². The molecule has 0 heterocycles. The summed E-state index contributed by atoms with van der Waals surface area (Å²) >= 11 is 0.